The van der Waals surface area contributed by atoms with Crippen molar-refractivity contribution < 1.29 is 18.6 Å². The Labute approximate surface area is 150 Å². The summed E-state index contributed by atoms with van der Waals surface area (Å²) in [5.74, 6) is -0.0276. The molecule has 1 N–H and O–H groups in total. The molecule has 7 heteroatoms. The Hall–Kier alpha value is -1.62. The molecule has 0 bridgehead atoms. The molecule has 0 aliphatic rings. The fourth-order valence-electron chi connectivity index (χ4n) is 2.18. The third-order valence-corrected chi connectivity index (χ3v) is 5.12. The molecule has 24 heavy (non-hydrogen) atoms. The van der Waals surface area contributed by atoms with Crippen LogP contribution < -0.4 is 9.61 Å². The Balaban J connectivity index is 2.10. The van der Waals surface area contributed by atoms with Crippen molar-refractivity contribution in [3.8, 4) is 5.75 Å². The highest BCUT2D eigenvalue weighted by Crippen LogP contribution is 2.40. The van der Waals surface area contributed by atoms with Crippen molar-refractivity contribution in [3.05, 3.63) is 64.6 Å². The van der Waals surface area contributed by atoms with Gasteiger partial charge in [0.15, 0.2) is 0 Å². The summed E-state index contributed by atoms with van der Waals surface area (Å²) < 4.78 is 24.0. The van der Waals surface area contributed by atoms with Crippen LogP contribution in [0.2, 0.25) is 0 Å². The van der Waals surface area contributed by atoms with Gasteiger partial charge in [0.2, 0.25) is 0 Å². The fraction of sp³-hybridized carbons (Fsp3) is 0.235. The van der Waals surface area contributed by atoms with Gasteiger partial charge < -0.3 is 9.26 Å². The van der Waals surface area contributed by atoms with Gasteiger partial charge >= 0.3 is 13.5 Å². The predicted molar refractivity (Wildman–Crippen MR) is 97.4 cm³/mol. The number of benzene rings is 2. The molecule has 2 aromatic rings. The van der Waals surface area contributed by atoms with E-state index in [-0.39, 0.29) is 0 Å². The van der Waals surface area contributed by atoms with E-state index in [2.05, 4.69) is 21.0 Å². The average Bonchev–Trinajstić information content (AvgIpc) is 2.56. The molecule has 0 saturated carbocycles. The molecule has 0 heterocycles. The van der Waals surface area contributed by atoms with Gasteiger partial charge in [0.25, 0.3) is 0 Å². The molecule has 0 spiro atoms. The highest BCUT2D eigenvalue weighted by molar-refractivity contribution is 9.10. The molecule has 128 valence electrons. The third-order valence-electron chi connectivity index (χ3n) is 3.25. The Morgan fingerprint density at radius 2 is 1.79 bits per heavy atom. The van der Waals surface area contributed by atoms with Crippen LogP contribution in [0.4, 0.5) is 0 Å². The first-order valence-electron chi connectivity index (χ1n) is 7.32. The standard InChI is InChI=1S/C17H19BrNO4P/c1-22-17(20)16(12-13-6-4-3-5-7-13)19-24(2,21)23-15-10-8-14(18)9-11-15/h3-11,16H,12H2,1-2H3,(H,19,21). The third kappa shape index (κ3) is 5.78. The zero-order valence-electron chi connectivity index (χ0n) is 13.4. The summed E-state index contributed by atoms with van der Waals surface area (Å²) >= 11 is 3.33. The minimum atomic E-state index is -3.26. The van der Waals surface area contributed by atoms with Gasteiger partial charge in [0.1, 0.15) is 11.8 Å². The largest absolute Gasteiger partial charge is 0.468 e. The molecule has 2 rings (SSSR count). The molecule has 0 fully saturated rings. The number of hydrogen-bond acceptors (Lipinski definition) is 4. The first kappa shape index (κ1) is 18.7. The van der Waals surface area contributed by atoms with Crippen LogP contribution in [0.25, 0.3) is 0 Å². The van der Waals surface area contributed by atoms with E-state index in [0.29, 0.717) is 12.2 Å². The van der Waals surface area contributed by atoms with Crippen LogP contribution >= 0.6 is 23.4 Å². The number of carbonyl (C=O) groups is 1. The second-order valence-electron chi connectivity index (χ2n) is 5.29. The summed E-state index contributed by atoms with van der Waals surface area (Å²) in [6.07, 6.45) is 0.356. The molecular formula is C17H19BrNO4P. The lowest BCUT2D eigenvalue weighted by molar-refractivity contribution is -0.142. The lowest BCUT2D eigenvalue weighted by Crippen LogP contribution is -2.38. The normalized spacial score (nSPS) is 14.5. The number of rotatable bonds is 7. The van der Waals surface area contributed by atoms with Gasteiger partial charge in [0.05, 0.1) is 7.11 Å². The molecule has 0 amide bonds. The van der Waals surface area contributed by atoms with E-state index in [4.69, 9.17) is 9.26 Å². The summed E-state index contributed by atoms with van der Waals surface area (Å²) in [4.78, 5) is 12.0. The highest BCUT2D eigenvalue weighted by Gasteiger charge is 2.28. The second-order valence-corrected chi connectivity index (χ2v) is 8.33. The monoisotopic (exact) mass is 411 g/mol. The van der Waals surface area contributed by atoms with Crippen molar-refractivity contribution in [3.63, 3.8) is 0 Å². The number of halogens is 1. The number of methoxy groups -OCH3 is 1. The first-order valence-corrected chi connectivity index (χ1v) is 10.2. The van der Waals surface area contributed by atoms with Gasteiger partial charge in [-0.2, -0.15) is 0 Å². The van der Waals surface area contributed by atoms with Gasteiger partial charge in [-0.05, 0) is 36.2 Å². The van der Waals surface area contributed by atoms with E-state index in [1.807, 2.05) is 30.3 Å². The minimum Gasteiger partial charge on any atom is -0.468 e. The summed E-state index contributed by atoms with van der Waals surface area (Å²) in [5.41, 5.74) is 0.934. The Kier molecular flexibility index (Phi) is 6.60. The van der Waals surface area contributed by atoms with Gasteiger partial charge in [-0.25, -0.2) is 5.09 Å². The number of hydrogen-bond donors (Lipinski definition) is 1. The van der Waals surface area contributed by atoms with Crippen molar-refractivity contribution in [2.75, 3.05) is 13.8 Å². The van der Waals surface area contributed by atoms with E-state index in [1.54, 1.807) is 24.3 Å². The number of carbonyl (C=O) groups excluding carboxylic acids is 1. The predicted octanol–water partition coefficient (Wildman–Crippen LogP) is 4.02. The van der Waals surface area contributed by atoms with Crippen molar-refractivity contribution in [1.29, 1.82) is 0 Å². The van der Waals surface area contributed by atoms with Gasteiger partial charge in [-0.1, -0.05) is 46.3 Å². The highest BCUT2D eigenvalue weighted by atomic mass is 79.9. The summed E-state index contributed by atoms with van der Waals surface area (Å²) in [5, 5.41) is 2.80. The number of ether oxygens (including phenoxy) is 1. The average molecular weight is 412 g/mol. The smallest absolute Gasteiger partial charge is 0.323 e. The minimum absolute atomic E-state index is 0.356. The molecule has 2 aromatic carbocycles. The van der Waals surface area contributed by atoms with Crippen molar-refractivity contribution in [1.82, 2.24) is 5.09 Å². The van der Waals surface area contributed by atoms with Crippen LogP contribution in [0.15, 0.2) is 59.1 Å². The Morgan fingerprint density at radius 1 is 1.17 bits per heavy atom. The zero-order valence-corrected chi connectivity index (χ0v) is 15.9. The summed E-state index contributed by atoms with van der Waals surface area (Å²) in [6, 6.07) is 15.7. The maximum Gasteiger partial charge on any atom is 0.323 e. The summed E-state index contributed by atoms with van der Waals surface area (Å²) in [7, 11) is -1.95. The number of esters is 1. The van der Waals surface area contributed by atoms with E-state index in [9.17, 15) is 9.36 Å². The topological polar surface area (TPSA) is 64.6 Å². The maximum absolute atomic E-state index is 12.7. The second kappa shape index (κ2) is 8.47. The molecule has 5 nitrogen and oxygen atoms in total. The Bertz CT molecular complexity index is 721. The van der Waals surface area contributed by atoms with E-state index >= 15 is 0 Å². The molecular weight excluding hydrogens is 393 g/mol. The van der Waals surface area contributed by atoms with Gasteiger partial charge in [-0.3, -0.25) is 9.36 Å². The summed E-state index contributed by atoms with van der Waals surface area (Å²) in [6.45, 7) is 1.44. The molecule has 2 atom stereocenters. The van der Waals surface area contributed by atoms with Crippen LogP contribution in [0, 0.1) is 0 Å². The van der Waals surface area contributed by atoms with E-state index < -0.39 is 19.5 Å². The molecule has 0 aliphatic carbocycles. The molecule has 0 aromatic heterocycles. The lowest BCUT2D eigenvalue weighted by Gasteiger charge is -2.22. The zero-order chi connectivity index (χ0) is 17.6. The van der Waals surface area contributed by atoms with E-state index in [0.717, 1.165) is 10.0 Å². The molecule has 0 aliphatic heterocycles. The van der Waals surface area contributed by atoms with Crippen LogP contribution in [0.5, 0.6) is 5.75 Å². The maximum atomic E-state index is 12.7. The van der Waals surface area contributed by atoms with Crippen LogP contribution in [0.1, 0.15) is 5.56 Å². The molecule has 0 radical (unpaired) electrons. The Morgan fingerprint density at radius 3 is 2.38 bits per heavy atom. The van der Waals surface area contributed by atoms with Crippen molar-refractivity contribution >= 4 is 29.4 Å². The molecule has 2 unspecified atom stereocenters. The van der Waals surface area contributed by atoms with Crippen LogP contribution in [0.3, 0.4) is 0 Å². The lowest BCUT2D eigenvalue weighted by atomic mass is 10.1. The van der Waals surface area contributed by atoms with Crippen LogP contribution in [-0.4, -0.2) is 25.8 Å². The van der Waals surface area contributed by atoms with Crippen molar-refractivity contribution in [2.24, 2.45) is 0 Å². The van der Waals surface area contributed by atoms with Gasteiger partial charge in [-0.15, -0.1) is 0 Å². The molecule has 0 saturated heterocycles. The van der Waals surface area contributed by atoms with Crippen LogP contribution in [-0.2, 0) is 20.5 Å². The SMILES string of the molecule is COC(=O)C(Cc1ccccc1)NP(C)(=O)Oc1ccc(Br)cc1. The quantitative estimate of drug-likeness (QED) is 0.550. The first-order chi connectivity index (χ1) is 11.4. The van der Waals surface area contributed by atoms with Crippen molar-refractivity contribution in [2.45, 2.75) is 12.5 Å². The number of nitrogens with one attached hydrogen (secondary N) is 1. The van der Waals surface area contributed by atoms with E-state index in [1.165, 1.54) is 13.8 Å². The van der Waals surface area contributed by atoms with Gasteiger partial charge in [0, 0.05) is 11.1 Å². The fourth-order valence-corrected chi connectivity index (χ4v) is 3.78.